The Hall–Kier alpha value is -2.77. The van der Waals surface area contributed by atoms with E-state index in [4.69, 9.17) is 9.84 Å². The van der Waals surface area contributed by atoms with Crippen molar-refractivity contribution in [2.45, 2.75) is 25.3 Å². The predicted molar refractivity (Wildman–Crippen MR) is 90.0 cm³/mol. The van der Waals surface area contributed by atoms with Gasteiger partial charge in [-0.25, -0.2) is 4.79 Å². The van der Waals surface area contributed by atoms with Crippen molar-refractivity contribution in [2.24, 2.45) is 5.92 Å². The summed E-state index contributed by atoms with van der Waals surface area (Å²) in [5.41, 5.74) is 0.953. The van der Waals surface area contributed by atoms with Crippen molar-refractivity contribution < 1.29 is 24.2 Å². The smallest absolute Gasteiger partial charge is 0.322 e. The maximum Gasteiger partial charge on any atom is 0.322 e. The molecule has 1 aromatic carbocycles. The highest BCUT2D eigenvalue weighted by Gasteiger charge is 2.31. The molecule has 8 heteroatoms. The Morgan fingerprint density at radius 2 is 2.16 bits per heavy atom. The Labute approximate surface area is 145 Å². The highest BCUT2D eigenvalue weighted by Crippen LogP contribution is 2.31. The fraction of sp³-hybridized carbons (Fsp3) is 0.471. The minimum Gasteiger partial charge on any atom is -0.495 e. The molecule has 134 valence electrons. The molecule has 2 atom stereocenters. The van der Waals surface area contributed by atoms with E-state index in [0.717, 1.165) is 0 Å². The maximum atomic E-state index is 12.5. The summed E-state index contributed by atoms with van der Waals surface area (Å²) in [6.45, 7) is 1.04. The molecule has 1 aliphatic heterocycles. The Morgan fingerprint density at radius 3 is 2.76 bits per heavy atom. The third kappa shape index (κ3) is 3.52. The van der Waals surface area contributed by atoms with Gasteiger partial charge in [0, 0.05) is 24.7 Å². The Morgan fingerprint density at radius 1 is 1.36 bits per heavy atom. The van der Waals surface area contributed by atoms with E-state index in [1.54, 1.807) is 18.2 Å². The number of ether oxygens (including phenoxy) is 1. The van der Waals surface area contributed by atoms with Crippen LogP contribution in [-0.2, 0) is 4.79 Å². The number of carbonyl (C=O) groups excluding carboxylic acids is 2. The number of carboxylic acids is 1. The molecular formula is C17H21N3O5. The number of rotatable bonds is 5. The molecule has 1 aliphatic carbocycles. The molecule has 0 bridgehead atoms. The highest BCUT2D eigenvalue weighted by molar-refractivity contribution is 6.00. The average Bonchev–Trinajstić information content (AvgIpc) is 3.23. The molecule has 0 unspecified atom stereocenters. The fourth-order valence-corrected chi connectivity index (χ4v) is 3.35. The largest absolute Gasteiger partial charge is 0.495 e. The number of hydrogen-bond acceptors (Lipinski definition) is 4. The SMILES string of the molecule is COc1ccc(C(=O)N[C@H]2CC[C@@H](C(=O)O)C2)cc1N1CCNC1=O. The van der Waals surface area contributed by atoms with Crippen LogP contribution in [0.3, 0.4) is 0 Å². The minimum atomic E-state index is -0.816. The molecule has 8 nitrogen and oxygen atoms in total. The first-order chi connectivity index (χ1) is 12.0. The van der Waals surface area contributed by atoms with E-state index in [0.29, 0.717) is 49.4 Å². The first-order valence-corrected chi connectivity index (χ1v) is 8.26. The third-order valence-corrected chi connectivity index (χ3v) is 4.71. The van der Waals surface area contributed by atoms with Crippen molar-refractivity contribution in [3.63, 3.8) is 0 Å². The fourth-order valence-electron chi connectivity index (χ4n) is 3.35. The second kappa shape index (κ2) is 7.00. The topological polar surface area (TPSA) is 108 Å². The molecule has 3 rings (SSSR count). The van der Waals surface area contributed by atoms with Gasteiger partial charge in [-0.3, -0.25) is 14.5 Å². The van der Waals surface area contributed by atoms with Crippen molar-refractivity contribution in [3.05, 3.63) is 23.8 Å². The van der Waals surface area contributed by atoms with Crippen LogP contribution in [0.1, 0.15) is 29.6 Å². The van der Waals surface area contributed by atoms with Crippen LogP contribution in [0, 0.1) is 5.92 Å². The van der Waals surface area contributed by atoms with Crippen LogP contribution < -0.4 is 20.3 Å². The molecule has 1 saturated carbocycles. The Kier molecular flexibility index (Phi) is 4.78. The summed E-state index contributed by atoms with van der Waals surface area (Å²) in [6, 6.07) is 4.55. The lowest BCUT2D eigenvalue weighted by Gasteiger charge is -2.19. The summed E-state index contributed by atoms with van der Waals surface area (Å²) < 4.78 is 5.30. The van der Waals surface area contributed by atoms with E-state index < -0.39 is 11.9 Å². The van der Waals surface area contributed by atoms with Crippen LogP contribution in [0.25, 0.3) is 0 Å². The lowest BCUT2D eigenvalue weighted by molar-refractivity contribution is -0.141. The number of aliphatic carboxylic acids is 1. The van der Waals surface area contributed by atoms with Gasteiger partial charge in [-0.1, -0.05) is 0 Å². The molecule has 0 radical (unpaired) electrons. The maximum absolute atomic E-state index is 12.5. The molecule has 0 spiro atoms. The van der Waals surface area contributed by atoms with Gasteiger partial charge in [0.15, 0.2) is 0 Å². The van der Waals surface area contributed by atoms with Crippen molar-refractivity contribution in [1.82, 2.24) is 10.6 Å². The van der Waals surface area contributed by atoms with Crippen molar-refractivity contribution in [2.75, 3.05) is 25.1 Å². The lowest BCUT2D eigenvalue weighted by atomic mass is 10.1. The summed E-state index contributed by atoms with van der Waals surface area (Å²) in [6.07, 6.45) is 1.67. The summed E-state index contributed by atoms with van der Waals surface area (Å²) in [5, 5.41) is 14.7. The molecule has 0 aromatic heterocycles. The first kappa shape index (κ1) is 17.1. The second-order valence-corrected chi connectivity index (χ2v) is 6.29. The van der Waals surface area contributed by atoms with Crippen molar-refractivity contribution >= 4 is 23.6 Å². The summed E-state index contributed by atoms with van der Waals surface area (Å²) in [7, 11) is 1.51. The standard InChI is InChI=1S/C17H21N3O5/c1-25-14-5-3-10(9-13(14)20-7-6-18-17(20)24)15(21)19-12-4-2-11(8-12)16(22)23/h3,5,9,11-12H,2,4,6-8H2,1H3,(H,18,24)(H,19,21)(H,22,23)/t11-,12+/m1/s1. The zero-order valence-corrected chi connectivity index (χ0v) is 13.9. The minimum absolute atomic E-state index is 0.144. The van der Waals surface area contributed by atoms with E-state index in [9.17, 15) is 14.4 Å². The molecule has 1 aromatic rings. The number of amides is 3. The predicted octanol–water partition coefficient (Wildman–Crippen LogP) is 1.21. The lowest BCUT2D eigenvalue weighted by Crippen LogP contribution is -2.33. The van der Waals surface area contributed by atoms with Crippen LogP contribution in [0.2, 0.25) is 0 Å². The van der Waals surface area contributed by atoms with E-state index in [1.807, 2.05) is 0 Å². The number of nitrogens with one attached hydrogen (secondary N) is 2. The zero-order chi connectivity index (χ0) is 18.0. The van der Waals surface area contributed by atoms with Gasteiger partial charge in [0.2, 0.25) is 0 Å². The monoisotopic (exact) mass is 347 g/mol. The third-order valence-electron chi connectivity index (χ3n) is 4.71. The molecule has 1 heterocycles. The van der Waals surface area contributed by atoms with Crippen LogP contribution in [0.4, 0.5) is 10.5 Å². The molecule has 25 heavy (non-hydrogen) atoms. The number of benzene rings is 1. The molecule has 2 aliphatic rings. The average molecular weight is 347 g/mol. The van der Waals surface area contributed by atoms with Crippen LogP contribution in [-0.4, -0.2) is 49.3 Å². The Balaban J connectivity index is 1.75. The van der Waals surface area contributed by atoms with Crippen molar-refractivity contribution in [1.29, 1.82) is 0 Å². The number of carbonyl (C=O) groups is 3. The van der Waals surface area contributed by atoms with Crippen molar-refractivity contribution in [3.8, 4) is 5.75 Å². The molecule has 3 amide bonds. The van der Waals surface area contributed by atoms with Gasteiger partial charge in [-0.15, -0.1) is 0 Å². The van der Waals surface area contributed by atoms with E-state index >= 15 is 0 Å². The highest BCUT2D eigenvalue weighted by atomic mass is 16.5. The molecule has 2 fully saturated rings. The van der Waals surface area contributed by atoms with Crippen LogP contribution in [0.15, 0.2) is 18.2 Å². The normalized spacial score (nSPS) is 22.6. The molecule has 3 N–H and O–H groups in total. The number of anilines is 1. The Bertz CT molecular complexity index is 706. The number of methoxy groups -OCH3 is 1. The van der Waals surface area contributed by atoms with E-state index in [2.05, 4.69) is 10.6 Å². The van der Waals surface area contributed by atoms with Crippen LogP contribution in [0.5, 0.6) is 5.75 Å². The van der Waals surface area contributed by atoms with Gasteiger partial charge >= 0.3 is 12.0 Å². The van der Waals surface area contributed by atoms with Crippen LogP contribution >= 0.6 is 0 Å². The summed E-state index contributed by atoms with van der Waals surface area (Å²) in [4.78, 5) is 37.0. The number of nitrogens with zero attached hydrogens (tertiary/aromatic N) is 1. The van der Waals surface area contributed by atoms with Gasteiger partial charge in [0.05, 0.1) is 18.7 Å². The number of urea groups is 1. The zero-order valence-electron chi connectivity index (χ0n) is 13.9. The van der Waals surface area contributed by atoms with E-state index in [-0.39, 0.29) is 18.0 Å². The quantitative estimate of drug-likeness (QED) is 0.742. The summed E-state index contributed by atoms with van der Waals surface area (Å²) >= 11 is 0. The number of carboxylic acid groups (broad SMARTS) is 1. The first-order valence-electron chi connectivity index (χ1n) is 8.26. The van der Waals surface area contributed by atoms with E-state index in [1.165, 1.54) is 12.0 Å². The molecule has 1 saturated heterocycles. The van der Waals surface area contributed by atoms with Gasteiger partial charge < -0.3 is 20.5 Å². The van der Waals surface area contributed by atoms with Gasteiger partial charge in [-0.05, 0) is 37.5 Å². The van der Waals surface area contributed by atoms with Gasteiger partial charge in [0.25, 0.3) is 5.91 Å². The molecular weight excluding hydrogens is 326 g/mol. The van der Waals surface area contributed by atoms with Gasteiger partial charge in [-0.2, -0.15) is 0 Å². The second-order valence-electron chi connectivity index (χ2n) is 6.29. The number of hydrogen-bond donors (Lipinski definition) is 3. The van der Waals surface area contributed by atoms with Gasteiger partial charge in [0.1, 0.15) is 5.75 Å². The summed E-state index contributed by atoms with van der Waals surface area (Å²) in [5.74, 6) is -0.978.